The van der Waals surface area contributed by atoms with Gasteiger partial charge in [0.25, 0.3) is 0 Å². The van der Waals surface area contributed by atoms with Crippen molar-refractivity contribution in [3.8, 4) is 0 Å². The average Bonchev–Trinajstić information content (AvgIpc) is 2.51. The average molecular weight is 182 g/mol. The highest BCUT2D eigenvalue weighted by Gasteiger charge is 2.13. The first-order chi connectivity index (χ1) is 6.15. The fraction of sp³-hybridized carbons (Fsp3) is 0.500. The van der Waals surface area contributed by atoms with Crippen LogP contribution in [0.1, 0.15) is 19.9 Å². The Hall–Kier alpha value is -1.52. The largest absolute Gasteiger partial charge is 0.382 e. The topological polar surface area (TPSA) is 72.9 Å². The van der Waals surface area contributed by atoms with Gasteiger partial charge >= 0.3 is 0 Å². The van der Waals surface area contributed by atoms with E-state index in [1.807, 2.05) is 6.92 Å². The Morgan fingerprint density at radius 2 is 2.54 bits per heavy atom. The van der Waals surface area contributed by atoms with Gasteiger partial charge in [0.15, 0.2) is 0 Å². The van der Waals surface area contributed by atoms with Crippen LogP contribution >= 0.6 is 0 Å². The lowest BCUT2D eigenvalue weighted by Crippen LogP contribution is -2.30. The summed E-state index contributed by atoms with van der Waals surface area (Å²) in [7, 11) is 0. The molecule has 1 amide bonds. The molecule has 1 unspecified atom stereocenters. The van der Waals surface area contributed by atoms with Crippen molar-refractivity contribution in [2.45, 2.75) is 19.9 Å². The summed E-state index contributed by atoms with van der Waals surface area (Å²) in [5.41, 5.74) is 5.43. The fourth-order valence-electron chi connectivity index (χ4n) is 1.01. The zero-order chi connectivity index (χ0) is 9.84. The lowest BCUT2D eigenvalue weighted by atomic mass is 10.3. The third-order valence-corrected chi connectivity index (χ3v) is 1.76. The lowest BCUT2D eigenvalue weighted by Gasteiger charge is -2.10. The maximum absolute atomic E-state index is 11.3. The Balaban J connectivity index is 2.67. The molecule has 0 aliphatic rings. The maximum atomic E-state index is 11.3. The third kappa shape index (κ3) is 2.21. The molecule has 0 spiro atoms. The van der Waals surface area contributed by atoms with E-state index >= 15 is 0 Å². The Morgan fingerprint density at radius 1 is 1.85 bits per heavy atom. The first-order valence-corrected chi connectivity index (χ1v) is 4.23. The van der Waals surface area contributed by atoms with E-state index in [0.717, 1.165) is 0 Å². The Bertz CT molecular complexity index is 294. The van der Waals surface area contributed by atoms with Gasteiger partial charge in [0.1, 0.15) is 11.9 Å². The zero-order valence-electron chi connectivity index (χ0n) is 7.82. The summed E-state index contributed by atoms with van der Waals surface area (Å²) in [6, 6.07) is 1.35. The van der Waals surface area contributed by atoms with E-state index in [1.165, 1.54) is 0 Å². The van der Waals surface area contributed by atoms with Gasteiger partial charge in [-0.2, -0.15) is 5.10 Å². The number of hydrogen-bond acceptors (Lipinski definition) is 3. The molecule has 0 aromatic carbocycles. The second-order valence-electron chi connectivity index (χ2n) is 2.79. The number of carbonyl (C=O) groups is 1. The molecule has 1 atom stereocenters. The van der Waals surface area contributed by atoms with Crippen molar-refractivity contribution in [3.05, 3.63) is 12.3 Å². The molecule has 5 heteroatoms. The van der Waals surface area contributed by atoms with Crippen molar-refractivity contribution in [1.82, 2.24) is 15.1 Å². The number of aromatic nitrogens is 2. The molecule has 13 heavy (non-hydrogen) atoms. The van der Waals surface area contributed by atoms with Crippen LogP contribution in [0.4, 0.5) is 5.82 Å². The van der Waals surface area contributed by atoms with Crippen LogP contribution in [-0.2, 0) is 4.79 Å². The molecule has 72 valence electrons. The van der Waals surface area contributed by atoms with Crippen molar-refractivity contribution >= 4 is 11.7 Å². The summed E-state index contributed by atoms with van der Waals surface area (Å²) in [5, 5.41) is 6.66. The molecule has 0 radical (unpaired) electrons. The quantitative estimate of drug-likeness (QED) is 0.699. The molecular weight excluding hydrogens is 168 g/mol. The Morgan fingerprint density at radius 3 is 3.00 bits per heavy atom. The first-order valence-electron chi connectivity index (χ1n) is 4.23. The van der Waals surface area contributed by atoms with Crippen LogP contribution in [-0.4, -0.2) is 22.2 Å². The standard InChI is InChI=1S/C8H14N4O/c1-3-10-8(13)6(2)12-5-4-7(9)11-12/h4-6H,3H2,1-2H3,(H2,9,11)(H,10,13). The first kappa shape index (κ1) is 9.57. The monoisotopic (exact) mass is 182 g/mol. The number of likely N-dealkylation sites (N-methyl/N-ethyl adjacent to an activating group) is 1. The number of nitrogens with zero attached hydrogens (tertiary/aromatic N) is 2. The van der Waals surface area contributed by atoms with Crippen molar-refractivity contribution < 1.29 is 4.79 Å². The third-order valence-electron chi connectivity index (χ3n) is 1.76. The van der Waals surface area contributed by atoms with Crippen LogP contribution in [0.3, 0.4) is 0 Å². The van der Waals surface area contributed by atoms with E-state index in [9.17, 15) is 4.79 Å². The molecule has 0 bridgehead atoms. The number of nitrogens with two attached hydrogens (primary N) is 1. The van der Waals surface area contributed by atoms with Crippen LogP contribution in [0.2, 0.25) is 0 Å². The van der Waals surface area contributed by atoms with E-state index in [4.69, 9.17) is 5.73 Å². The van der Waals surface area contributed by atoms with Gasteiger partial charge in [-0.3, -0.25) is 9.48 Å². The van der Waals surface area contributed by atoms with Gasteiger partial charge in [0.2, 0.25) is 5.91 Å². The number of carbonyl (C=O) groups excluding carboxylic acids is 1. The van der Waals surface area contributed by atoms with Crippen LogP contribution in [0.25, 0.3) is 0 Å². The van der Waals surface area contributed by atoms with Crippen molar-refractivity contribution in [3.63, 3.8) is 0 Å². The molecule has 0 aliphatic heterocycles. The summed E-state index contributed by atoms with van der Waals surface area (Å²) >= 11 is 0. The van der Waals surface area contributed by atoms with E-state index in [-0.39, 0.29) is 11.9 Å². The van der Waals surface area contributed by atoms with Gasteiger partial charge in [0, 0.05) is 12.7 Å². The minimum Gasteiger partial charge on any atom is -0.382 e. The second-order valence-corrected chi connectivity index (χ2v) is 2.79. The van der Waals surface area contributed by atoms with Gasteiger partial charge in [0.05, 0.1) is 0 Å². The van der Waals surface area contributed by atoms with Crippen molar-refractivity contribution in [2.24, 2.45) is 0 Å². The minimum atomic E-state index is -0.308. The molecule has 1 aromatic rings. The van der Waals surface area contributed by atoms with Crippen LogP contribution < -0.4 is 11.1 Å². The van der Waals surface area contributed by atoms with Gasteiger partial charge in [-0.05, 0) is 19.9 Å². The van der Waals surface area contributed by atoms with Crippen molar-refractivity contribution in [1.29, 1.82) is 0 Å². The predicted molar refractivity (Wildman–Crippen MR) is 50.0 cm³/mol. The highest BCUT2D eigenvalue weighted by Crippen LogP contribution is 2.06. The van der Waals surface area contributed by atoms with Crippen molar-refractivity contribution in [2.75, 3.05) is 12.3 Å². The van der Waals surface area contributed by atoms with E-state index in [0.29, 0.717) is 12.4 Å². The molecule has 5 nitrogen and oxygen atoms in total. The highest BCUT2D eigenvalue weighted by molar-refractivity contribution is 5.79. The normalized spacial score (nSPS) is 12.5. The molecule has 0 saturated carbocycles. The van der Waals surface area contributed by atoms with Crippen LogP contribution in [0, 0.1) is 0 Å². The molecule has 0 fully saturated rings. The van der Waals surface area contributed by atoms with Gasteiger partial charge < -0.3 is 11.1 Å². The SMILES string of the molecule is CCNC(=O)C(C)n1ccc(N)n1. The second kappa shape index (κ2) is 3.93. The number of rotatable bonds is 3. The number of amides is 1. The van der Waals surface area contributed by atoms with E-state index < -0.39 is 0 Å². The maximum Gasteiger partial charge on any atom is 0.244 e. The highest BCUT2D eigenvalue weighted by atomic mass is 16.2. The predicted octanol–water partition coefficient (Wildman–Crippen LogP) is 0.162. The molecule has 1 rings (SSSR count). The molecule has 1 aromatic heterocycles. The van der Waals surface area contributed by atoms with Crippen LogP contribution in [0.5, 0.6) is 0 Å². The fourth-order valence-corrected chi connectivity index (χ4v) is 1.01. The molecule has 0 saturated heterocycles. The van der Waals surface area contributed by atoms with E-state index in [2.05, 4.69) is 10.4 Å². The zero-order valence-corrected chi connectivity index (χ0v) is 7.82. The molecule has 0 aliphatic carbocycles. The smallest absolute Gasteiger partial charge is 0.244 e. The van der Waals surface area contributed by atoms with E-state index in [1.54, 1.807) is 23.9 Å². The Labute approximate surface area is 76.9 Å². The van der Waals surface area contributed by atoms with Gasteiger partial charge in [-0.1, -0.05) is 0 Å². The number of hydrogen-bond donors (Lipinski definition) is 2. The summed E-state index contributed by atoms with van der Waals surface area (Å²) in [6.07, 6.45) is 1.69. The van der Waals surface area contributed by atoms with Crippen LogP contribution in [0.15, 0.2) is 12.3 Å². The van der Waals surface area contributed by atoms with Gasteiger partial charge in [-0.25, -0.2) is 0 Å². The summed E-state index contributed by atoms with van der Waals surface area (Å²) in [4.78, 5) is 11.3. The summed E-state index contributed by atoms with van der Waals surface area (Å²) in [6.45, 7) is 4.28. The molecule has 1 heterocycles. The number of anilines is 1. The summed E-state index contributed by atoms with van der Waals surface area (Å²) < 4.78 is 1.54. The number of nitrogens with one attached hydrogen (secondary N) is 1. The lowest BCUT2D eigenvalue weighted by molar-refractivity contribution is -0.124. The minimum absolute atomic E-state index is 0.0504. The Kier molecular flexibility index (Phi) is 2.89. The van der Waals surface area contributed by atoms with Gasteiger partial charge in [-0.15, -0.1) is 0 Å². The summed E-state index contributed by atoms with van der Waals surface area (Å²) in [5.74, 6) is 0.377. The molecule has 3 N–H and O–H groups in total. The molecular formula is C8H14N4O. The number of nitrogen functional groups attached to an aromatic ring is 1.